The number of nitrogens with one attached hydrogen (secondary N) is 2. The van der Waals surface area contributed by atoms with E-state index in [1.54, 1.807) is 0 Å². The molecule has 0 aromatic heterocycles. The van der Waals surface area contributed by atoms with E-state index in [0.29, 0.717) is 24.7 Å². The summed E-state index contributed by atoms with van der Waals surface area (Å²) in [5.41, 5.74) is 0.962. The number of benzene rings is 1. The molecular formula is C15H20ClN3O3. The lowest BCUT2D eigenvalue weighted by Crippen LogP contribution is -2.42. The summed E-state index contributed by atoms with van der Waals surface area (Å²) in [4.78, 5) is 24.8. The summed E-state index contributed by atoms with van der Waals surface area (Å²) >= 11 is 6.20. The highest BCUT2D eigenvalue weighted by atomic mass is 35.5. The van der Waals surface area contributed by atoms with Crippen LogP contribution in [0.3, 0.4) is 0 Å². The van der Waals surface area contributed by atoms with Crippen molar-refractivity contribution < 1.29 is 14.3 Å². The lowest BCUT2D eigenvalue weighted by Gasteiger charge is -2.33. The number of nitrogens with zero attached hydrogens (tertiary/aromatic N) is 1. The highest BCUT2D eigenvalue weighted by molar-refractivity contribution is 6.31. The van der Waals surface area contributed by atoms with Gasteiger partial charge in [0.2, 0.25) is 5.91 Å². The molecule has 0 bridgehead atoms. The predicted molar refractivity (Wildman–Crippen MR) is 83.8 cm³/mol. The van der Waals surface area contributed by atoms with Gasteiger partial charge in [0.25, 0.3) is 0 Å². The van der Waals surface area contributed by atoms with Crippen LogP contribution in [0, 0.1) is 0 Å². The first-order valence-corrected chi connectivity index (χ1v) is 7.58. The number of morpholine rings is 1. The molecule has 1 saturated heterocycles. The van der Waals surface area contributed by atoms with Gasteiger partial charge in [-0.05, 0) is 6.07 Å². The Morgan fingerprint density at radius 2 is 2.18 bits per heavy atom. The minimum absolute atomic E-state index is 0.0931. The number of halogens is 1. The molecule has 0 aliphatic carbocycles. The Bertz CT molecular complexity index is 539. The molecule has 2 N–H and O–H groups in total. The second-order valence-corrected chi connectivity index (χ2v) is 5.47. The van der Waals surface area contributed by atoms with E-state index < -0.39 is 6.03 Å². The molecule has 1 aliphatic heterocycles. The largest absolute Gasteiger partial charge is 0.371 e. The van der Waals surface area contributed by atoms with Crippen molar-refractivity contribution in [2.24, 2.45) is 0 Å². The van der Waals surface area contributed by atoms with Crippen molar-refractivity contribution in [1.82, 2.24) is 15.5 Å². The van der Waals surface area contributed by atoms with Gasteiger partial charge in [0.05, 0.1) is 12.7 Å². The average Bonchev–Trinajstić information content (AvgIpc) is 2.53. The van der Waals surface area contributed by atoms with Gasteiger partial charge in [0, 0.05) is 43.7 Å². The number of ether oxygens (including phenoxy) is 1. The number of carbonyl (C=O) groups excluding carboxylic acids is 2. The third-order valence-corrected chi connectivity index (χ3v) is 3.88. The monoisotopic (exact) mass is 325 g/mol. The van der Waals surface area contributed by atoms with Crippen LogP contribution in [-0.2, 0) is 9.53 Å². The molecule has 2 rings (SSSR count). The fourth-order valence-electron chi connectivity index (χ4n) is 2.34. The molecule has 1 aromatic rings. The molecule has 120 valence electrons. The Labute approximate surface area is 134 Å². The topological polar surface area (TPSA) is 70.7 Å². The Morgan fingerprint density at radius 3 is 2.91 bits per heavy atom. The van der Waals surface area contributed by atoms with E-state index in [4.69, 9.17) is 16.3 Å². The third-order valence-electron chi connectivity index (χ3n) is 3.54. The van der Waals surface area contributed by atoms with E-state index in [1.807, 2.05) is 24.3 Å². The number of hydrogen-bond donors (Lipinski definition) is 2. The van der Waals surface area contributed by atoms with Crippen molar-refractivity contribution in [2.75, 3.05) is 33.3 Å². The second-order valence-electron chi connectivity index (χ2n) is 5.06. The van der Waals surface area contributed by atoms with Crippen molar-refractivity contribution in [2.45, 2.75) is 12.5 Å². The number of hydrogen-bond acceptors (Lipinski definition) is 4. The minimum Gasteiger partial charge on any atom is -0.371 e. The summed E-state index contributed by atoms with van der Waals surface area (Å²) in [5, 5.41) is 5.29. The normalized spacial score (nSPS) is 18.7. The summed E-state index contributed by atoms with van der Waals surface area (Å²) < 4.78 is 5.77. The van der Waals surface area contributed by atoms with Crippen LogP contribution in [0.1, 0.15) is 18.1 Å². The Balaban J connectivity index is 1.85. The summed E-state index contributed by atoms with van der Waals surface area (Å²) in [6, 6.07) is 7.13. The standard InChI is InChI=1S/C15H20ClN3O3/c1-17-15(21)18-14(20)6-7-19-8-9-22-13(10-19)11-4-2-3-5-12(11)16/h2-5,13H,6-10H2,1H3,(H2,17,18,20,21)/t13-/m0/s1. The molecule has 22 heavy (non-hydrogen) atoms. The second kappa shape index (κ2) is 8.12. The number of urea groups is 1. The molecule has 0 spiro atoms. The molecule has 1 aromatic carbocycles. The number of carbonyl (C=O) groups is 2. The first-order valence-electron chi connectivity index (χ1n) is 7.20. The SMILES string of the molecule is CNC(=O)NC(=O)CCN1CCO[C@H](c2ccccc2Cl)C1. The lowest BCUT2D eigenvalue weighted by atomic mass is 10.1. The van der Waals surface area contributed by atoms with Gasteiger partial charge < -0.3 is 10.1 Å². The Hall–Kier alpha value is -1.63. The van der Waals surface area contributed by atoms with Crippen molar-refractivity contribution >= 4 is 23.5 Å². The molecule has 6 nitrogen and oxygen atoms in total. The number of imide groups is 1. The maximum absolute atomic E-state index is 11.6. The van der Waals surface area contributed by atoms with Crippen LogP contribution in [-0.4, -0.2) is 50.1 Å². The van der Waals surface area contributed by atoms with E-state index in [2.05, 4.69) is 15.5 Å². The van der Waals surface area contributed by atoms with Gasteiger partial charge in [-0.3, -0.25) is 15.0 Å². The Kier molecular flexibility index (Phi) is 6.18. The molecule has 1 heterocycles. The van der Waals surface area contributed by atoms with E-state index in [-0.39, 0.29) is 18.4 Å². The van der Waals surface area contributed by atoms with Crippen LogP contribution in [0.4, 0.5) is 4.79 Å². The molecule has 0 saturated carbocycles. The number of rotatable bonds is 4. The molecule has 1 atom stereocenters. The van der Waals surface area contributed by atoms with Crippen LogP contribution in [0.5, 0.6) is 0 Å². The highest BCUT2D eigenvalue weighted by Crippen LogP contribution is 2.28. The van der Waals surface area contributed by atoms with E-state index in [9.17, 15) is 9.59 Å². The zero-order valence-corrected chi connectivity index (χ0v) is 13.2. The first kappa shape index (κ1) is 16.7. The lowest BCUT2D eigenvalue weighted by molar-refractivity contribution is -0.120. The molecule has 0 unspecified atom stereocenters. The smallest absolute Gasteiger partial charge is 0.321 e. The van der Waals surface area contributed by atoms with Crippen molar-refractivity contribution in [1.29, 1.82) is 0 Å². The van der Waals surface area contributed by atoms with Crippen LogP contribution < -0.4 is 10.6 Å². The van der Waals surface area contributed by atoms with E-state index in [1.165, 1.54) is 7.05 Å². The fraction of sp³-hybridized carbons (Fsp3) is 0.467. The summed E-state index contributed by atoms with van der Waals surface area (Å²) in [5.74, 6) is -0.292. The molecule has 1 fully saturated rings. The average molecular weight is 326 g/mol. The maximum Gasteiger partial charge on any atom is 0.321 e. The van der Waals surface area contributed by atoms with Gasteiger partial charge in [-0.1, -0.05) is 29.8 Å². The molecular weight excluding hydrogens is 306 g/mol. The van der Waals surface area contributed by atoms with Crippen LogP contribution in [0.2, 0.25) is 5.02 Å². The van der Waals surface area contributed by atoms with Crippen molar-refractivity contribution in [3.63, 3.8) is 0 Å². The predicted octanol–water partition coefficient (Wildman–Crippen LogP) is 1.56. The Morgan fingerprint density at radius 1 is 1.41 bits per heavy atom. The first-order chi connectivity index (χ1) is 10.6. The highest BCUT2D eigenvalue weighted by Gasteiger charge is 2.23. The van der Waals surface area contributed by atoms with Crippen molar-refractivity contribution in [3.8, 4) is 0 Å². The van der Waals surface area contributed by atoms with Crippen LogP contribution >= 0.6 is 11.6 Å². The van der Waals surface area contributed by atoms with Gasteiger partial charge >= 0.3 is 6.03 Å². The quantitative estimate of drug-likeness (QED) is 0.881. The number of amides is 3. The summed E-state index contributed by atoms with van der Waals surface area (Å²) in [7, 11) is 1.47. The summed E-state index contributed by atoms with van der Waals surface area (Å²) in [6.07, 6.45) is 0.173. The maximum atomic E-state index is 11.6. The zero-order chi connectivity index (χ0) is 15.9. The fourth-order valence-corrected chi connectivity index (χ4v) is 2.60. The van der Waals surface area contributed by atoms with Gasteiger partial charge in [-0.15, -0.1) is 0 Å². The van der Waals surface area contributed by atoms with E-state index in [0.717, 1.165) is 12.1 Å². The third kappa shape index (κ3) is 4.69. The molecule has 3 amide bonds. The zero-order valence-electron chi connectivity index (χ0n) is 12.5. The van der Waals surface area contributed by atoms with Crippen LogP contribution in [0.25, 0.3) is 0 Å². The minimum atomic E-state index is -0.485. The molecule has 0 radical (unpaired) electrons. The van der Waals surface area contributed by atoms with E-state index >= 15 is 0 Å². The van der Waals surface area contributed by atoms with Gasteiger partial charge in [-0.25, -0.2) is 4.79 Å². The van der Waals surface area contributed by atoms with Gasteiger partial charge in [-0.2, -0.15) is 0 Å². The van der Waals surface area contributed by atoms with Gasteiger partial charge in [0.1, 0.15) is 0 Å². The molecule has 7 heteroatoms. The van der Waals surface area contributed by atoms with Gasteiger partial charge in [0.15, 0.2) is 0 Å². The molecule has 1 aliphatic rings. The van der Waals surface area contributed by atoms with Crippen LogP contribution in [0.15, 0.2) is 24.3 Å². The summed E-state index contributed by atoms with van der Waals surface area (Å²) in [6.45, 7) is 2.60. The van der Waals surface area contributed by atoms with Crippen molar-refractivity contribution in [3.05, 3.63) is 34.9 Å².